The van der Waals surface area contributed by atoms with Crippen LogP contribution in [0.5, 0.6) is 6.01 Å². The molecule has 246 valence electrons. The maximum Gasteiger partial charge on any atom is 0.319 e. The summed E-state index contributed by atoms with van der Waals surface area (Å²) in [5.41, 5.74) is 7.86. The van der Waals surface area contributed by atoms with E-state index in [4.69, 9.17) is 31.8 Å². The van der Waals surface area contributed by atoms with Crippen molar-refractivity contribution in [1.82, 2.24) is 25.2 Å². The number of fused-ring (bicyclic) bond motifs is 2. The Hall–Kier alpha value is -4.07. The molecule has 2 aromatic heterocycles. The van der Waals surface area contributed by atoms with Crippen LogP contribution in [0.1, 0.15) is 76.5 Å². The van der Waals surface area contributed by atoms with Gasteiger partial charge in [-0.15, -0.1) is 6.42 Å². The van der Waals surface area contributed by atoms with Crippen molar-refractivity contribution < 1.29 is 13.5 Å². The van der Waals surface area contributed by atoms with Crippen molar-refractivity contribution in [2.45, 2.75) is 89.3 Å². The van der Waals surface area contributed by atoms with Crippen LogP contribution in [0.4, 0.5) is 20.3 Å². The molecule has 3 aliphatic rings. The van der Waals surface area contributed by atoms with Crippen molar-refractivity contribution in [3.05, 3.63) is 47.2 Å². The van der Waals surface area contributed by atoms with Gasteiger partial charge >= 0.3 is 6.01 Å². The first-order valence-corrected chi connectivity index (χ1v) is 17.1. The fourth-order valence-electron chi connectivity index (χ4n) is 8.03. The normalized spacial score (nSPS) is 19.0. The zero-order chi connectivity index (χ0) is 32.7. The predicted octanol–water partition coefficient (Wildman–Crippen LogP) is 6.59. The van der Waals surface area contributed by atoms with Gasteiger partial charge in [0.15, 0.2) is 5.82 Å². The molecule has 4 N–H and O–H groups in total. The number of aryl methyl sites for hydroxylation is 1. The van der Waals surface area contributed by atoms with Crippen LogP contribution in [0.15, 0.2) is 24.3 Å². The number of nitrogen functional groups attached to an aromatic ring is 1. The van der Waals surface area contributed by atoms with Gasteiger partial charge in [-0.2, -0.15) is 9.97 Å². The summed E-state index contributed by atoms with van der Waals surface area (Å²) in [7, 11) is 0. The lowest BCUT2D eigenvalue weighted by Crippen LogP contribution is -2.43. The average molecular weight is 640 g/mol. The molecule has 2 saturated heterocycles. The van der Waals surface area contributed by atoms with Crippen LogP contribution in [0.25, 0.3) is 32.9 Å². The molecule has 10 heteroatoms. The molecule has 0 amide bonds. The van der Waals surface area contributed by atoms with Gasteiger partial charge in [0.05, 0.1) is 22.2 Å². The lowest BCUT2D eigenvalue weighted by atomic mass is 9.94. The Kier molecular flexibility index (Phi) is 8.62. The molecule has 0 bridgehead atoms. The summed E-state index contributed by atoms with van der Waals surface area (Å²) < 4.78 is 38.4. The van der Waals surface area contributed by atoms with E-state index in [2.05, 4.69) is 35.3 Å². The molecule has 0 aliphatic carbocycles. The molecule has 0 spiro atoms. The van der Waals surface area contributed by atoms with Crippen LogP contribution in [0, 0.1) is 24.0 Å². The number of pyridine rings is 1. The number of anilines is 2. The van der Waals surface area contributed by atoms with Gasteiger partial charge in [-0.25, -0.2) is 13.8 Å². The monoisotopic (exact) mass is 639 g/mol. The fraction of sp³-hybridized carbons (Fsp3) is 0.486. The standard InChI is InChI=1S/C37H43F2N7O/c1-4-24(5-2)41-20-25-10-7-11-29-31-34(44-36(45-35(31)42-25)47-21-37-14-8-16-46(37)17-9-15-37)32(39)33(43-29)27-19-23(40)18-22-12-13-28(38)26(6-3)30(22)27/h3,12-13,18-19,24-25,41H,4-5,7-11,14-17,20-21,40H2,1-2H3,(H,42,44,45). The van der Waals surface area contributed by atoms with Crippen LogP contribution in [0.2, 0.25) is 0 Å². The van der Waals surface area contributed by atoms with E-state index in [1.54, 1.807) is 18.2 Å². The van der Waals surface area contributed by atoms with Gasteiger partial charge in [-0.3, -0.25) is 4.90 Å². The number of benzene rings is 2. The number of hydrogen-bond acceptors (Lipinski definition) is 8. The smallest absolute Gasteiger partial charge is 0.319 e. The maximum absolute atomic E-state index is 17.0. The Bertz CT molecular complexity index is 1860. The number of terminal acetylenes is 1. The summed E-state index contributed by atoms with van der Waals surface area (Å²) in [5, 5.41) is 8.85. The van der Waals surface area contributed by atoms with Gasteiger partial charge in [0.25, 0.3) is 0 Å². The number of nitrogens with two attached hydrogens (primary N) is 1. The second kappa shape index (κ2) is 12.9. The third-order valence-electron chi connectivity index (χ3n) is 10.6. The van der Waals surface area contributed by atoms with E-state index in [0.717, 1.165) is 71.0 Å². The summed E-state index contributed by atoms with van der Waals surface area (Å²) in [6, 6.07) is 6.86. The van der Waals surface area contributed by atoms with Gasteiger partial charge in [0, 0.05) is 35.3 Å². The third kappa shape index (κ3) is 5.74. The van der Waals surface area contributed by atoms with Crippen molar-refractivity contribution in [3.63, 3.8) is 0 Å². The molecule has 5 heterocycles. The van der Waals surface area contributed by atoms with Crippen molar-refractivity contribution in [2.24, 2.45) is 0 Å². The van der Waals surface area contributed by atoms with Crippen LogP contribution in [-0.4, -0.2) is 63.7 Å². The molecule has 0 radical (unpaired) electrons. The van der Waals surface area contributed by atoms with E-state index < -0.39 is 11.6 Å². The van der Waals surface area contributed by atoms with Gasteiger partial charge in [0.1, 0.15) is 29.5 Å². The number of nitrogens with one attached hydrogen (secondary N) is 2. The number of hydrogen-bond donors (Lipinski definition) is 3. The van der Waals surface area contributed by atoms with E-state index in [-0.39, 0.29) is 34.4 Å². The highest BCUT2D eigenvalue weighted by atomic mass is 19.1. The van der Waals surface area contributed by atoms with Crippen LogP contribution >= 0.6 is 0 Å². The van der Waals surface area contributed by atoms with Crippen molar-refractivity contribution in [2.75, 3.05) is 37.3 Å². The topological polar surface area (TPSA) is 101 Å². The van der Waals surface area contributed by atoms with Crippen LogP contribution in [-0.2, 0) is 6.42 Å². The maximum atomic E-state index is 17.0. The Labute approximate surface area is 274 Å². The van der Waals surface area contributed by atoms with E-state index in [1.807, 2.05) is 0 Å². The highest BCUT2D eigenvalue weighted by molar-refractivity contribution is 6.04. The first-order valence-electron chi connectivity index (χ1n) is 17.1. The van der Waals surface area contributed by atoms with Crippen molar-refractivity contribution >= 4 is 33.2 Å². The highest BCUT2D eigenvalue weighted by Gasteiger charge is 2.45. The number of ether oxygens (including phenoxy) is 1. The van der Waals surface area contributed by atoms with Gasteiger partial charge < -0.3 is 21.1 Å². The lowest BCUT2D eigenvalue weighted by molar-refractivity contribution is 0.108. The SMILES string of the molecule is C#Cc1c(F)ccc2cc(N)cc(-c3nc4c5c(nc(OCC67CCCN6CCC7)nc5c3F)NC(CNC(CC)CC)CCC4)c12. The molecule has 2 aromatic carbocycles. The van der Waals surface area contributed by atoms with E-state index in [9.17, 15) is 4.39 Å². The van der Waals surface area contributed by atoms with E-state index in [0.29, 0.717) is 58.0 Å². The molecule has 0 saturated carbocycles. The largest absolute Gasteiger partial charge is 0.461 e. The Balaban J connectivity index is 1.38. The molecule has 4 aromatic rings. The molecule has 3 aliphatic heterocycles. The highest BCUT2D eigenvalue weighted by Crippen LogP contribution is 2.41. The predicted molar refractivity (Wildman–Crippen MR) is 184 cm³/mol. The number of rotatable bonds is 9. The minimum Gasteiger partial charge on any atom is -0.461 e. The molecule has 1 atom stereocenters. The van der Waals surface area contributed by atoms with Crippen LogP contribution in [0.3, 0.4) is 0 Å². The molecule has 47 heavy (non-hydrogen) atoms. The number of halogens is 2. The molecule has 2 fully saturated rings. The third-order valence-corrected chi connectivity index (χ3v) is 10.6. The number of aromatic nitrogens is 3. The van der Waals surface area contributed by atoms with Crippen LogP contribution < -0.4 is 21.1 Å². The quantitative estimate of drug-likeness (QED) is 0.139. The fourth-order valence-corrected chi connectivity index (χ4v) is 8.03. The molecule has 7 rings (SSSR count). The molecule has 8 nitrogen and oxygen atoms in total. The molecular weight excluding hydrogens is 596 g/mol. The van der Waals surface area contributed by atoms with E-state index in [1.165, 1.54) is 6.07 Å². The van der Waals surface area contributed by atoms with Gasteiger partial charge in [0.2, 0.25) is 0 Å². The summed E-state index contributed by atoms with van der Waals surface area (Å²) in [6.07, 6.45) is 14.6. The van der Waals surface area contributed by atoms with Crippen molar-refractivity contribution in [3.8, 4) is 29.6 Å². The zero-order valence-electron chi connectivity index (χ0n) is 27.3. The Morgan fingerprint density at radius 3 is 2.64 bits per heavy atom. The molecule has 1 unspecified atom stereocenters. The second-order valence-electron chi connectivity index (χ2n) is 13.4. The minimum absolute atomic E-state index is 0.0254. The van der Waals surface area contributed by atoms with Gasteiger partial charge in [-0.05, 0) is 94.5 Å². The molecular formula is C37H43F2N7O. The Morgan fingerprint density at radius 2 is 1.89 bits per heavy atom. The first-order chi connectivity index (χ1) is 22.8. The lowest BCUT2D eigenvalue weighted by Gasteiger charge is -2.31. The Morgan fingerprint density at radius 1 is 1.11 bits per heavy atom. The first kappa shape index (κ1) is 31.5. The number of nitrogens with zero attached hydrogens (tertiary/aromatic N) is 4. The minimum atomic E-state index is -0.646. The summed E-state index contributed by atoms with van der Waals surface area (Å²) >= 11 is 0. The van der Waals surface area contributed by atoms with Gasteiger partial charge in [-0.1, -0.05) is 25.8 Å². The summed E-state index contributed by atoms with van der Waals surface area (Å²) in [6.45, 7) is 7.72. The zero-order valence-corrected chi connectivity index (χ0v) is 27.3. The average Bonchev–Trinajstić information content (AvgIpc) is 3.65. The summed E-state index contributed by atoms with van der Waals surface area (Å²) in [4.78, 5) is 17.0. The summed E-state index contributed by atoms with van der Waals surface area (Å²) in [5.74, 6) is 1.78. The second-order valence-corrected chi connectivity index (χ2v) is 13.4. The van der Waals surface area contributed by atoms with E-state index >= 15 is 4.39 Å². The van der Waals surface area contributed by atoms with Crippen molar-refractivity contribution in [1.29, 1.82) is 0 Å².